The van der Waals surface area contributed by atoms with Gasteiger partial charge in [0.05, 0.1) is 0 Å². The second-order valence-corrected chi connectivity index (χ2v) is 6.05. The summed E-state index contributed by atoms with van der Waals surface area (Å²) in [6, 6.07) is 8.13. The number of likely N-dealkylation sites (tertiary alicyclic amines) is 1. The molecule has 1 heterocycles. The van der Waals surface area contributed by atoms with E-state index in [-0.39, 0.29) is 0 Å². The van der Waals surface area contributed by atoms with Crippen molar-refractivity contribution in [2.45, 2.75) is 26.8 Å². The molecule has 2 rings (SSSR count). The zero-order chi connectivity index (χ0) is 14.5. The first-order valence-corrected chi connectivity index (χ1v) is 7.25. The van der Waals surface area contributed by atoms with Crippen molar-refractivity contribution < 1.29 is 9.90 Å². The van der Waals surface area contributed by atoms with Crippen LogP contribution in [0.15, 0.2) is 30.3 Å². The monoisotopic (exact) mass is 273 g/mol. The van der Waals surface area contributed by atoms with Crippen molar-refractivity contribution in [1.82, 2.24) is 4.90 Å². The van der Waals surface area contributed by atoms with E-state index in [0.717, 1.165) is 23.9 Å². The summed E-state index contributed by atoms with van der Waals surface area (Å²) in [5, 5.41) is 8.60. The average molecular weight is 273 g/mol. The second-order valence-electron chi connectivity index (χ2n) is 6.05. The lowest BCUT2D eigenvalue weighted by molar-refractivity contribution is -0.131. The van der Waals surface area contributed by atoms with E-state index in [4.69, 9.17) is 5.11 Å². The lowest BCUT2D eigenvalue weighted by Crippen LogP contribution is -2.38. The summed E-state index contributed by atoms with van der Waals surface area (Å²) in [7, 11) is 0. The number of carboxylic acids is 1. The SMILES string of the molecule is CC1CC(C)CN(Cc2ccc(C=CC(=O)O)cc2)C1. The van der Waals surface area contributed by atoms with Crippen LogP contribution < -0.4 is 0 Å². The standard InChI is InChI=1S/C17H23NO2/c1-13-9-14(2)11-18(10-13)12-16-5-3-15(4-6-16)7-8-17(19)20/h3-8,13-14H,9-12H2,1-2H3,(H,19,20). The van der Waals surface area contributed by atoms with Gasteiger partial charge in [0, 0.05) is 25.7 Å². The smallest absolute Gasteiger partial charge is 0.328 e. The van der Waals surface area contributed by atoms with Crippen molar-refractivity contribution in [3.05, 3.63) is 41.5 Å². The maximum absolute atomic E-state index is 10.5. The van der Waals surface area contributed by atoms with Crippen molar-refractivity contribution in [1.29, 1.82) is 0 Å². The Kier molecular flexibility index (Phi) is 4.96. The van der Waals surface area contributed by atoms with Crippen molar-refractivity contribution in [3.8, 4) is 0 Å². The van der Waals surface area contributed by atoms with Crippen LogP contribution in [0.2, 0.25) is 0 Å². The molecule has 0 aliphatic carbocycles. The highest BCUT2D eigenvalue weighted by atomic mass is 16.4. The molecule has 108 valence electrons. The van der Waals surface area contributed by atoms with E-state index in [0.29, 0.717) is 0 Å². The lowest BCUT2D eigenvalue weighted by Gasteiger charge is -2.35. The fourth-order valence-corrected chi connectivity index (χ4v) is 3.08. The van der Waals surface area contributed by atoms with Gasteiger partial charge in [0.15, 0.2) is 0 Å². The average Bonchev–Trinajstić information content (AvgIpc) is 2.36. The number of carbonyl (C=O) groups is 1. The van der Waals surface area contributed by atoms with E-state index in [1.54, 1.807) is 6.08 Å². The zero-order valence-electron chi connectivity index (χ0n) is 12.2. The van der Waals surface area contributed by atoms with Gasteiger partial charge < -0.3 is 5.11 Å². The molecule has 1 aromatic carbocycles. The summed E-state index contributed by atoms with van der Waals surface area (Å²) >= 11 is 0. The maximum Gasteiger partial charge on any atom is 0.328 e. The van der Waals surface area contributed by atoms with Crippen LogP contribution >= 0.6 is 0 Å². The van der Waals surface area contributed by atoms with Crippen LogP contribution in [0, 0.1) is 11.8 Å². The molecule has 0 radical (unpaired) electrons. The van der Waals surface area contributed by atoms with Crippen LogP contribution in [0.4, 0.5) is 0 Å². The van der Waals surface area contributed by atoms with Crippen LogP contribution in [0.25, 0.3) is 6.08 Å². The number of carboxylic acid groups (broad SMARTS) is 1. The minimum Gasteiger partial charge on any atom is -0.478 e. The first kappa shape index (κ1) is 14.8. The molecule has 2 unspecified atom stereocenters. The third kappa shape index (κ3) is 4.49. The quantitative estimate of drug-likeness (QED) is 0.856. The van der Waals surface area contributed by atoms with E-state index in [1.807, 2.05) is 12.1 Å². The molecule has 0 saturated carbocycles. The van der Waals surface area contributed by atoms with E-state index in [1.165, 1.54) is 31.1 Å². The van der Waals surface area contributed by atoms with Gasteiger partial charge in [-0.2, -0.15) is 0 Å². The molecule has 20 heavy (non-hydrogen) atoms. The highest BCUT2D eigenvalue weighted by Gasteiger charge is 2.21. The summed E-state index contributed by atoms with van der Waals surface area (Å²) in [4.78, 5) is 13.0. The Hall–Kier alpha value is -1.61. The van der Waals surface area contributed by atoms with Crippen molar-refractivity contribution in [2.75, 3.05) is 13.1 Å². The number of rotatable bonds is 4. The zero-order valence-corrected chi connectivity index (χ0v) is 12.2. The Balaban J connectivity index is 1.95. The number of aliphatic carboxylic acids is 1. The van der Waals surface area contributed by atoms with Gasteiger partial charge in [-0.1, -0.05) is 38.1 Å². The number of benzene rings is 1. The molecule has 1 fully saturated rings. The van der Waals surface area contributed by atoms with Crippen molar-refractivity contribution in [3.63, 3.8) is 0 Å². The van der Waals surface area contributed by atoms with Gasteiger partial charge in [-0.15, -0.1) is 0 Å². The van der Waals surface area contributed by atoms with Crippen LogP contribution in [0.3, 0.4) is 0 Å². The van der Waals surface area contributed by atoms with Gasteiger partial charge in [-0.05, 0) is 35.5 Å². The molecule has 0 spiro atoms. The van der Waals surface area contributed by atoms with Crippen LogP contribution in [-0.4, -0.2) is 29.1 Å². The first-order valence-electron chi connectivity index (χ1n) is 7.25. The minimum absolute atomic E-state index is 0.775. The molecule has 1 saturated heterocycles. The maximum atomic E-state index is 10.5. The number of piperidine rings is 1. The van der Waals surface area contributed by atoms with Crippen LogP contribution in [-0.2, 0) is 11.3 Å². The van der Waals surface area contributed by atoms with Gasteiger partial charge in [0.2, 0.25) is 0 Å². The molecule has 0 amide bonds. The summed E-state index contributed by atoms with van der Waals surface area (Å²) in [6.45, 7) is 7.97. The van der Waals surface area contributed by atoms with E-state index < -0.39 is 5.97 Å². The molecule has 0 bridgehead atoms. The summed E-state index contributed by atoms with van der Waals surface area (Å²) in [6.07, 6.45) is 4.12. The Labute approximate surface area is 120 Å². The third-order valence-corrected chi connectivity index (χ3v) is 3.75. The van der Waals surface area contributed by atoms with Gasteiger partial charge in [-0.25, -0.2) is 4.79 Å². The Morgan fingerprint density at radius 3 is 2.40 bits per heavy atom. The molecule has 2 atom stereocenters. The molecule has 3 heteroatoms. The van der Waals surface area contributed by atoms with Crippen molar-refractivity contribution in [2.24, 2.45) is 11.8 Å². The fourth-order valence-electron chi connectivity index (χ4n) is 3.08. The van der Waals surface area contributed by atoms with Gasteiger partial charge in [0.1, 0.15) is 0 Å². The largest absolute Gasteiger partial charge is 0.478 e. The Bertz CT molecular complexity index is 468. The first-order chi connectivity index (χ1) is 9.52. The van der Waals surface area contributed by atoms with E-state index >= 15 is 0 Å². The molecule has 0 aromatic heterocycles. The Morgan fingerprint density at radius 1 is 1.25 bits per heavy atom. The van der Waals surface area contributed by atoms with Gasteiger partial charge in [-0.3, -0.25) is 4.90 Å². The number of hydrogen-bond acceptors (Lipinski definition) is 2. The lowest BCUT2D eigenvalue weighted by atomic mass is 9.91. The molecule has 1 aromatic rings. The highest BCUT2D eigenvalue weighted by molar-refractivity contribution is 5.85. The predicted molar refractivity (Wildman–Crippen MR) is 81.3 cm³/mol. The normalized spacial score (nSPS) is 24.1. The minimum atomic E-state index is -0.912. The molecule has 1 N–H and O–H groups in total. The molecular weight excluding hydrogens is 250 g/mol. The van der Waals surface area contributed by atoms with E-state index in [9.17, 15) is 4.79 Å². The second kappa shape index (κ2) is 6.71. The molecular formula is C17H23NO2. The molecule has 1 aliphatic heterocycles. The number of hydrogen-bond donors (Lipinski definition) is 1. The topological polar surface area (TPSA) is 40.5 Å². The molecule has 3 nitrogen and oxygen atoms in total. The fraction of sp³-hybridized carbons (Fsp3) is 0.471. The van der Waals surface area contributed by atoms with Crippen LogP contribution in [0.5, 0.6) is 0 Å². The predicted octanol–water partition coefficient (Wildman–Crippen LogP) is 3.26. The van der Waals surface area contributed by atoms with Gasteiger partial charge in [0.25, 0.3) is 0 Å². The van der Waals surface area contributed by atoms with Gasteiger partial charge >= 0.3 is 5.97 Å². The highest BCUT2D eigenvalue weighted by Crippen LogP contribution is 2.22. The summed E-state index contributed by atoms with van der Waals surface area (Å²) in [5.74, 6) is 0.637. The van der Waals surface area contributed by atoms with Crippen molar-refractivity contribution >= 4 is 12.0 Å². The van der Waals surface area contributed by atoms with E-state index in [2.05, 4.69) is 30.9 Å². The summed E-state index contributed by atoms with van der Waals surface area (Å²) in [5.41, 5.74) is 2.22. The summed E-state index contributed by atoms with van der Waals surface area (Å²) < 4.78 is 0. The molecule has 1 aliphatic rings. The Morgan fingerprint density at radius 2 is 1.85 bits per heavy atom. The number of nitrogens with zero attached hydrogens (tertiary/aromatic N) is 1. The van der Waals surface area contributed by atoms with Crippen LogP contribution in [0.1, 0.15) is 31.4 Å². The third-order valence-electron chi connectivity index (χ3n) is 3.75.